The highest BCUT2D eigenvalue weighted by Crippen LogP contribution is 2.36. The quantitative estimate of drug-likeness (QED) is 0.225. The van der Waals surface area contributed by atoms with Crippen LogP contribution in [0.4, 0.5) is 0 Å². The number of rotatable bonds is 11. The highest BCUT2D eigenvalue weighted by molar-refractivity contribution is 6.74. The summed E-state index contributed by atoms with van der Waals surface area (Å²) in [5.41, 5.74) is 2.74. The summed E-state index contributed by atoms with van der Waals surface area (Å²) in [6.07, 6.45) is 5.85. The van der Waals surface area contributed by atoms with Crippen LogP contribution in [0.25, 0.3) is 10.9 Å². The minimum absolute atomic E-state index is 0.0955. The van der Waals surface area contributed by atoms with Gasteiger partial charge in [0.25, 0.3) is 0 Å². The van der Waals surface area contributed by atoms with Crippen LogP contribution in [0.2, 0.25) is 18.1 Å². The van der Waals surface area contributed by atoms with Gasteiger partial charge in [-0.1, -0.05) is 72.2 Å². The van der Waals surface area contributed by atoms with Crippen molar-refractivity contribution < 1.29 is 14.3 Å². The van der Waals surface area contributed by atoms with Crippen molar-refractivity contribution in [3.05, 3.63) is 48.2 Å². The van der Waals surface area contributed by atoms with E-state index in [0.717, 1.165) is 54.1 Å². The van der Waals surface area contributed by atoms with E-state index in [-0.39, 0.29) is 10.9 Å². The molecular formula is C27H43NO3Si. The van der Waals surface area contributed by atoms with Crippen LogP contribution in [0.15, 0.2) is 42.6 Å². The summed E-state index contributed by atoms with van der Waals surface area (Å²) in [7, 11) is -1.82. The van der Waals surface area contributed by atoms with Crippen molar-refractivity contribution in [3.63, 3.8) is 0 Å². The highest BCUT2D eigenvalue weighted by atomic mass is 28.4. The predicted molar refractivity (Wildman–Crippen MR) is 138 cm³/mol. The molecule has 0 spiro atoms. The molecule has 0 saturated heterocycles. The summed E-state index contributed by atoms with van der Waals surface area (Å²) < 4.78 is 8.09. The maximum Gasteiger partial charge on any atom is 0.236 e. The van der Waals surface area contributed by atoms with Crippen molar-refractivity contribution in [3.8, 4) is 0 Å². The van der Waals surface area contributed by atoms with Gasteiger partial charge in [-0.25, -0.2) is 0 Å². The summed E-state index contributed by atoms with van der Waals surface area (Å²) in [4.78, 5) is 13.3. The van der Waals surface area contributed by atoms with E-state index >= 15 is 0 Å². The van der Waals surface area contributed by atoms with E-state index in [1.807, 2.05) is 24.4 Å². The summed E-state index contributed by atoms with van der Waals surface area (Å²) >= 11 is 0. The van der Waals surface area contributed by atoms with E-state index in [4.69, 9.17) is 4.43 Å². The Morgan fingerprint density at radius 1 is 1.22 bits per heavy atom. The Morgan fingerprint density at radius 3 is 2.50 bits per heavy atom. The standard InChI is InChI=1S/C27H43NO3Si/c1-9-10-11-14-20(2)25(29)21(3)26(30)28-19-22(23-15-12-13-16-24(23)28)17-18-31-32(7,8)27(4,5)6/h12-13,15-16,19,21,25,29H,2,9-11,14,17-18H2,1,3-8H3/t21-,25+/m0/s1. The first-order valence-electron chi connectivity index (χ1n) is 12.0. The van der Waals surface area contributed by atoms with Crippen molar-refractivity contribution in [1.82, 2.24) is 4.57 Å². The molecule has 2 aromatic rings. The number of nitrogens with zero attached hydrogens (tertiary/aromatic N) is 1. The number of fused-ring (bicyclic) bond motifs is 1. The van der Waals surface area contributed by atoms with Crippen molar-refractivity contribution >= 4 is 25.1 Å². The largest absolute Gasteiger partial charge is 0.416 e. The Hall–Kier alpha value is -1.69. The van der Waals surface area contributed by atoms with Gasteiger partial charge in [-0.05, 0) is 54.6 Å². The molecule has 0 aliphatic rings. The molecule has 0 saturated carbocycles. The summed E-state index contributed by atoms with van der Waals surface area (Å²) in [5, 5.41) is 12.0. The van der Waals surface area contributed by atoms with Gasteiger partial charge >= 0.3 is 0 Å². The first kappa shape index (κ1) is 26.6. The fourth-order valence-corrected chi connectivity index (χ4v) is 4.77. The van der Waals surface area contributed by atoms with Crippen LogP contribution >= 0.6 is 0 Å². The van der Waals surface area contributed by atoms with Crippen molar-refractivity contribution in [2.24, 2.45) is 5.92 Å². The molecule has 4 nitrogen and oxygen atoms in total. The van der Waals surface area contributed by atoms with E-state index < -0.39 is 20.3 Å². The summed E-state index contributed by atoms with van der Waals surface area (Å²) in [6.45, 7) is 19.9. The lowest BCUT2D eigenvalue weighted by Gasteiger charge is -2.36. The third kappa shape index (κ3) is 6.21. The van der Waals surface area contributed by atoms with Gasteiger partial charge in [0.15, 0.2) is 8.32 Å². The zero-order valence-electron chi connectivity index (χ0n) is 21.2. The van der Waals surface area contributed by atoms with E-state index in [1.165, 1.54) is 0 Å². The van der Waals surface area contributed by atoms with Crippen LogP contribution in [0, 0.1) is 5.92 Å². The van der Waals surface area contributed by atoms with Crippen molar-refractivity contribution in [2.45, 2.75) is 91.0 Å². The second kappa shape index (κ2) is 11.0. The van der Waals surface area contributed by atoms with Crippen LogP contribution in [0.5, 0.6) is 0 Å². The second-order valence-electron chi connectivity index (χ2n) is 10.6. The Kier molecular flexibility index (Phi) is 9.09. The van der Waals surface area contributed by atoms with E-state index in [0.29, 0.717) is 6.61 Å². The molecule has 0 aliphatic carbocycles. The maximum absolute atomic E-state index is 13.3. The Labute approximate surface area is 195 Å². The smallest absolute Gasteiger partial charge is 0.236 e. The molecule has 5 heteroatoms. The SMILES string of the molecule is C=C(CCCCC)[C@@H](O)[C@H](C)C(=O)n1cc(CCO[Si](C)(C)C(C)(C)C)c2ccccc21. The first-order chi connectivity index (χ1) is 14.9. The molecule has 1 N–H and O–H groups in total. The summed E-state index contributed by atoms with van der Waals surface area (Å²) in [6, 6.07) is 7.99. The van der Waals surface area contributed by atoms with Crippen LogP contribution < -0.4 is 0 Å². The van der Waals surface area contributed by atoms with E-state index in [9.17, 15) is 9.90 Å². The average molecular weight is 458 g/mol. The normalized spacial score (nSPS) is 14.5. The number of hydrogen-bond acceptors (Lipinski definition) is 3. The molecule has 1 aromatic heterocycles. The zero-order valence-corrected chi connectivity index (χ0v) is 22.2. The number of unbranched alkanes of at least 4 members (excludes halogenated alkanes) is 2. The molecule has 178 valence electrons. The Balaban J connectivity index is 2.19. The number of para-hydroxylation sites is 1. The monoisotopic (exact) mass is 457 g/mol. The van der Waals surface area contributed by atoms with Gasteiger partial charge in [-0.15, -0.1) is 0 Å². The molecule has 0 fully saturated rings. The molecule has 0 radical (unpaired) electrons. The van der Waals surface area contributed by atoms with Crippen LogP contribution in [-0.2, 0) is 10.8 Å². The molecule has 0 bridgehead atoms. The number of aliphatic hydroxyl groups is 1. The average Bonchev–Trinajstić information content (AvgIpc) is 3.10. The second-order valence-corrected chi connectivity index (χ2v) is 15.4. The van der Waals surface area contributed by atoms with Crippen molar-refractivity contribution in [1.29, 1.82) is 0 Å². The minimum atomic E-state index is -1.82. The lowest BCUT2D eigenvalue weighted by atomic mass is 9.94. The topological polar surface area (TPSA) is 51.5 Å². The number of hydrogen-bond donors (Lipinski definition) is 1. The van der Waals surface area contributed by atoms with Gasteiger partial charge in [0, 0.05) is 18.2 Å². The van der Waals surface area contributed by atoms with Gasteiger partial charge in [-0.3, -0.25) is 9.36 Å². The highest BCUT2D eigenvalue weighted by Gasteiger charge is 2.37. The van der Waals surface area contributed by atoms with Crippen LogP contribution in [0.3, 0.4) is 0 Å². The molecule has 0 amide bonds. The van der Waals surface area contributed by atoms with Gasteiger partial charge < -0.3 is 9.53 Å². The lowest BCUT2D eigenvalue weighted by Crippen LogP contribution is -2.41. The number of carbonyl (C=O) groups excluding carboxylic acids is 1. The van der Waals surface area contributed by atoms with Gasteiger partial charge in [-0.2, -0.15) is 0 Å². The first-order valence-corrected chi connectivity index (χ1v) is 14.9. The number of aliphatic hydroxyl groups excluding tert-OH is 1. The van der Waals surface area contributed by atoms with Gasteiger partial charge in [0.05, 0.1) is 17.5 Å². The zero-order chi connectivity index (χ0) is 24.1. The van der Waals surface area contributed by atoms with Gasteiger partial charge in [0.1, 0.15) is 0 Å². The fourth-order valence-electron chi connectivity index (χ4n) is 3.72. The minimum Gasteiger partial charge on any atom is -0.416 e. The van der Waals surface area contributed by atoms with Crippen LogP contribution in [0.1, 0.15) is 70.7 Å². The maximum atomic E-state index is 13.3. The van der Waals surface area contributed by atoms with Crippen LogP contribution in [-0.4, -0.2) is 36.6 Å². The molecule has 1 aromatic carbocycles. The molecule has 32 heavy (non-hydrogen) atoms. The summed E-state index contributed by atoms with van der Waals surface area (Å²) in [5.74, 6) is -0.641. The number of benzene rings is 1. The molecule has 0 unspecified atom stereocenters. The number of carbonyl (C=O) groups is 1. The number of aromatic nitrogens is 1. The van der Waals surface area contributed by atoms with E-state index in [2.05, 4.69) is 53.4 Å². The third-order valence-corrected chi connectivity index (χ3v) is 11.6. The third-order valence-electron chi connectivity index (χ3n) is 7.06. The van der Waals surface area contributed by atoms with E-state index in [1.54, 1.807) is 11.5 Å². The molecular weight excluding hydrogens is 414 g/mol. The van der Waals surface area contributed by atoms with Gasteiger partial charge in [0.2, 0.25) is 5.91 Å². The fraction of sp³-hybridized carbons (Fsp3) is 0.593. The molecule has 0 aliphatic heterocycles. The molecule has 1 heterocycles. The lowest BCUT2D eigenvalue weighted by molar-refractivity contribution is 0.0701. The Morgan fingerprint density at radius 2 is 1.88 bits per heavy atom. The Bertz CT molecular complexity index is 923. The van der Waals surface area contributed by atoms with Crippen molar-refractivity contribution in [2.75, 3.05) is 6.61 Å². The predicted octanol–water partition coefficient (Wildman–Crippen LogP) is 6.98. The molecule has 2 atom stereocenters. The molecule has 2 rings (SSSR count).